The van der Waals surface area contributed by atoms with Crippen molar-refractivity contribution in [1.82, 2.24) is 5.32 Å². The van der Waals surface area contributed by atoms with Crippen LogP contribution in [-0.2, 0) is 6.42 Å². The molecule has 0 aliphatic rings. The van der Waals surface area contributed by atoms with Crippen molar-refractivity contribution in [3.05, 3.63) is 35.9 Å². The summed E-state index contributed by atoms with van der Waals surface area (Å²) in [5.74, 6) is 5.65. The molecule has 0 spiro atoms. The van der Waals surface area contributed by atoms with Crippen LogP contribution in [-0.4, -0.2) is 19.3 Å². The highest BCUT2D eigenvalue weighted by Crippen LogP contribution is 2.03. The Morgan fingerprint density at radius 3 is 2.67 bits per heavy atom. The minimum Gasteiger partial charge on any atom is -0.300 e. The van der Waals surface area contributed by atoms with Gasteiger partial charge in [-0.05, 0) is 18.9 Å². The second kappa shape index (κ2) is 7.03. The number of rotatable bonds is 5. The second-order valence-electron chi connectivity index (χ2n) is 3.35. The summed E-state index contributed by atoms with van der Waals surface area (Å²) in [5.41, 5.74) is 1.15. The summed E-state index contributed by atoms with van der Waals surface area (Å²) >= 11 is 0. The van der Waals surface area contributed by atoms with Crippen LogP contribution in [0.3, 0.4) is 0 Å². The third-order valence-corrected chi connectivity index (χ3v) is 2.17. The van der Waals surface area contributed by atoms with E-state index in [1.807, 2.05) is 30.3 Å². The average molecular weight is 205 g/mol. The molecule has 80 valence electrons. The van der Waals surface area contributed by atoms with Crippen LogP contribution < -0.4 is 5.32 Å². The first-order valence-corrected chi connectivity index (χ1v) is 5.09. The Kier molecular flexibility index (Phi) is 5.50. The van der Waals surface area contributed by atoms with E-state index < -0.39 is 0 Å². The van der Waals surface area contributed by atoms with E-state index in [9.17, 15) is 4.39 Å². The molecule has 0 aliphatic carbocycles. The predicted octanol–water partition coefficient (Wildman–Crippen LogP) is 2.18. The summed E-state index contributed by atoms with van der Waals surface area (Å²) in [4.78, 5) is 0. The van der Waals surface area contributed by atoms with E-state index in [1.165, 1.54) is 0 Å². The third-order valence-electron chi connectivity index (χ3n) is 2.17. The topological polar surface area (TPSA) is 12.0 Å². The van der Waals surface area contributed by atoms with Crippen LogP contribution in [0.15, 0.2) is 30.3 Å². The van der Waals surface area contributed by atoms with Crippen LogP contribution in [0.1, 0.15) is 12.5 Å². The van der Waals surface area contributed by atoms with E-state index in [0.717, 1.165) is 5.56 Å². The molecule has 1 rings (SSSR count). The van der Waals surface area contributed by atoms with Gasteiger partial charge in [-0.2, -0.15) is 0 Å². The molecule has 1 N–H and O–H groups in total. The molecule has 1 aromatic carbocycles. The van der Waals surface area contributed by atoms with Gasteiger partial charge in [-0.15, -0.1) is 5.92 Å². The number of nitrogens with one attached hydrogen (secondary N) is 1. The van der Waals surface area contributed by atoms with Crippen molar-refractivity contribution in [3.8, 4) is 11.8 Å². The predicted molar refractivity (Wildman–Crippen MR) is 61.4 cm³/mol. The molecule has 1 unspecified atom stereocenters. The fourth-order valence-corrected chi connectivity index (χ4v) is 1.36. The summed E-state index contributed by atoms with van der Waals surface area (Å²) in [6, 6.07) is 9.79. The highest BCUT2D eigenvalue weighted by molar-refractivity contribution is 5.16. The molecule has 0 aromatic heterocycles. The first kappa shape index (κ1) is 11.7. The summed E-state index contributed by atoms with van der Waals surface area (Å²) < 4.78 is 12.7. The lowest BCUT2D eigenvalue weighted by Gasteiger charge is -2.13. The van der Waals surface area contributed by atoms with Crippen molar-refractivity contribution in [1.29, 1.82) is 0 Å². The third kappa shape index (κ3) is 4.62. The lowest BCUT2D eigenvalue weighted by Crippen LogP contribution is -2.33. The quantitative estimate of drug-likeness (QED) is 0.726. The molecule has 0 amide bonds. The van der Waals surface area contributed by atoms with Crippen LogP contribution in [0.5, 0.6) is 0 Å². The number of hydrogen-bond donors (Lipinski definition) is 1. The van der Waals surface area contributed by atoms with Gasteiger partial charge in [-0.1, -0.05) is 36.3 Å². The van der Waals surface area contributed by atoms with E-state index in [4.69, 9.17) is 0 Å². The Hall–Kier alpha value is -1.33. The Morgan fingerprint density at radius 2 is 2.07 bits per heavy atom. The molecule has 0 fully saturated rings. The van der Waals surface area contributed by atoms with Gasteiger partial charge in [0, 0.05) is 6.04 Å². The molecule has 0 bridgehead atoms. The molecule has 0 saturated carbocycles. The minimum absolute atomic E-state index is 0.131. The fourth-order valence-electron chi connectivity index (χ4n) is 1.36. The van der Waals surface area contributed by atoms with Crippen molar-refractivity contribution in [3.63, 3.8) is 0 Å². The smallest absolute Gasteiger partial charge is 0.105 e. The summed E-state index contributed by atoms with van der Waals surface area (Å²) in [6.45, 7) is 1.97. The maximum atomic E-state index is 12.7. The van der Waals surface area contributed by atoms with Gasteiger partial charge in [0.1, 0.15) is 6.67 Å². The fraction of sp³-hybridized carbons (Fsp3) is 0.385. The summed E-state index contributed by atoms with van der Waals surface area (Å²) in [5, 5.41) is 3.07. The van der Waals surface area contributed by atoms with E-state index in [0.29, 0.717) is 13.0 Å². The molecular formula is C13H16FN. The minimum atomic E-state index is -0.361. The molecule has 15 heavy (non-hydrogen) atoms. The zero-order chi connectivity index (χ0) is 10.9. The van der Waals surface area contributed by atoms with Crippen LogP contribution in [0.4, 0.5) is 4.39 Å². The Balaban J connectivity index is 2.42. The number of benzene rings is 1. The van der Waals surface area contributed by atoms with Crippen molar-refractivity contribution < 1.29 is 4.39 Å². The SMILES string of the molecule is CC#CCNC(CF)Cc1ccccc1. The van der Waals surface area contributed by atoms with E-state index >= 15 is 0 Å². The van der Waals surface area contributed by atoms with Gasteiger partial charge in [-0.25, -0.2) is 4.39 Å². The standard InChI is InChI=1S/C13H16FN/c1-2-3-9-15-13(11-14)10-12-7-5-4-6-8-12/h4-8,13,15H,9-11H2,1H3. The van der Waals surface area contributed by atoms with E-state index in [-0.39, 0.29) is 12.7 Å². The van der Waals surface area contributed by atoms with Gasteiger partial charge in [0.15, 0.2) is 0 Å². The van der Waals surface area contributed by atoms with Gasteiger partial charge in [-0.3, -0.25) is 0 Å². The number of hydrogen-bond acceptors (Lipinski definition) is 1. The largest absolute Gasteiger partial charge is 0.300 e. The lowest BCUT2D eigenvalue weighted by atomic mass is 10.1. The van der Waals surface area contributed by atoms with Gasteiger partial charge in [0.05, 0.1) is 6.54 Å². The van der Waals surface area contributed by atoms with E-state index in [2.05, 4.69) is 17.2 Å². The molecule has 1 aromatic rings. The lowest BCUT2D eigenvalue weighted by molar-refractivity contribution is 0.383. The van der Waals surface area contributed by atoms with E-state index in [1.54, 1.807) is 6.92 Å². The highest BCUT2D eigenvalue weighted by Gasteiger charge is 2.07. The average Bonchev–Trinajstić information content (AvgIpc) is 2.29. The molecule has 2 heteroatoms. The van der Waals surface area contributed by atoms with Crippen molar-refractivity contribution >= 4 is 0 Å². The molecule has 0 heterocycles. The van der Waals surface area contributed by atoms with Crippen LogP contribution in [0.25, 0.3) is 0 Å². The Bertz CT molecular complexity index is 323. The summed E-state index contributed by atoms with van der Waals surface area (Å²) in [7, 11) is 0. The van der Waals surface area contributed by atoms with Gasteiger partial charge < -0.3 is 5.32 Å². The maximum Gasteiger partial charge on any atom is 0.105 e. The molecular weight excluding hydrogens is 189 g/mol. The molecule has 0 radical (unpaired) electrons. The Labute approximate surface area is 90.7 Å². The van der Waals surface area contributed by atoms with Gasteiger partial charge >= 0.3 is 0 Å². The van der Waals surface area contributed by atoms with Crippen LogP contribution in [0, 0.1) is 11.8 Å². The highest BCUT2D eigenvalue weighted by atomic mass is 19.1. The van der Waals surface area contributed by atoms with Gasteiger partial charge in [0.25, 0.3) is 0 Å². The van der Waals surface area contributed by atoms with Crippen molar-refractivity contribution in [2.75, 3.05) is 13.2 Å². The molecule has 1 atom stereocenters. The normalized spacial score (nSPS) is 11.6. The van der Waals surface area contributed by atoms with Gasteiger partial charge in [0.2, 0.25) is 0 Å². The molecule has 0 saturated heterocycles. The van der Waals surface area contributed by atoms with Crippen LogP contribution in [0.2, 0.25) is 0 Å². The Morgan fingerprint density at radius 1 is 1.33 bits per heavy atom. The zero-order valence-corrected chi connectivity index (χ0v) is 8.96. The first-order chi connectivity index (χ1) is 7.36. The zero-order valence-electron chi connectivity index (χ0n) is 8.96. The first-order valence-electron chi connectivity index (χ1n) is 5.09. The number of halogens is 1. The van der Waals surface area contributed by atoms with Crippen LogP contribution >= 0.6 is 0 Å². The summed E-state index contributed by atoms with van der Waals surface area (Å²) in [6.07, 6.45) is 0.711. The molecule has 0 aliphatic heterocycles. The second-order valence-corrected chi connectivity index (χ2v) is 3.35. The number of alkyl halides is 1. The van der Waals surface area contributed by atoms with Crippen molar-refractivity contribution in [2.24, 2.45) is 0 Å². The monoisotopic (exact) mass is 205 g/mol. The van der Waals surface area contributed by atoms with Crippen molar-refractivity contribution in [2.45, 2.75) is 19.4 Å². The molecule has 1 nitrogen and oxygen atoms in total. The maximum absolute atomic E-state index is 12.7.